The number of aromatic nitrogens is 3. The van der Waals surface area contributed by atoms with Gasteiger partial charge in [0.25, 0.3) is 0 Å². The summed E-state index contributed by atoms with van der Waals surface area (Å²) in [5.74, 6) is -4.73. The number of benzene rings is 2. The SMILES string of the molecule is CC(=O)[C@@H]1O[C@@H]2CO[C@H](c3ccccc3)O[C@@H]2[C@H](n2cc(-c3cc(F)c(F)c(F)c3)nn2)[C@H]1O. The topological polar surface area (TPSA) is 95.7 Å². The molecule has 11 heteroatoms. The normalized spacial score (nSPS) is 29.0. The molecule has 2 aliphatic heterocycles. The van der Waals surface area contributed by atoms with Crippen LogP contribution in [0.25, 0.3) is 11.3 Å². The largest absolute Gasteiger partial charge is 0.388 e. The molecule has 0 bridgehead atoms. The van der Waals surface area contributed by atoms with E-state index in [0.29, 0.717) is 0 Å². The maximum Gasteiger partial charge on any atom is 0.194 e. The third-order valence-electron chi connectivity index (χ3n) is 5.94. The first-order valence-corrected chi connectivity index (χ1v) is 10.6. The third-order valence-corrected chi connectivity index (χ3v) is 5.94. The van der Waals surface area contributed by atoms with Gasteiger partial charge in [-0.1, -0.05) is 35.5 Å². The molecule has 2 saturated heterocycles. The number of carbonyl (C=O) groups excluding carboxylic acids is 1. The maximum absolute atomic E-state index is 13.7. The van der Waals surface area contributed by atoms with E-state index in [4.69, 9.17) is 14.2 Å². The summed E-state index contributed by atoms with van der Waals surface area (Å²) in [5, 5.41) is 19.0. The van der Waals surface area contributed by atoms with Crippen LogP contribution in [0.3, 0.4) is 0 Å². The zero-order valence-corrected chi connectivity index (χ0v) is 17.8. The van der Waals surface area contributed by atoms with Crippen molar-refractivity contribution in [3.8, 4) is 11.3 Å². The highest BCUT2D eigenvalue weighted by Gasteiger charge is 2.52. The van der Waals surface area contributed by atoms with Crippen molar-refractivity contribution in [3.63, 3.8) is 0 Å². The molecule has 0 spiro atoms. The highest BCUT2D eigenvalue weighted by atomic mass is 19.2. The van der Waals surface area contributed by atoms with Crippen LogP contribution in [-0.2, 0) is 19.0 Å². The van der Waals surface area contributed by atoms with E-state index < -0.39 is 60.0 Å². The molecule has 3 heterocycles. The molecule has 0 aliphatic carbocycles. The van der Waals surface area contributed by atoms with Gasteiger partial charge in [-0.15, -0.1) is 5.10 Å². The lowest BCUT2D eigenvalue weighted by molar-refractivity contribution is -0.312. The Hall–Kier alpha value is -3.12. The van der Waals surface area contributed by atoms with Gasteiger partial charge in [0.05, 0.1) is 12.8 Å². The number of halogens is 3. The van der Waals surface area contributed by atoms with Crippen LogP contribution in [0.2, 0.25) is 0 Å². The van der Waals surface area contributed by atoms with Crippen LogP contribution in [0, 0.1) is 17.5 Å². The molecule has 2 aliphatic rings. The number of fused-ring (bicyclic) bond motifs is 1. The van der Waals surface area contributed by atoms with Crippen LogP contribution in [0.4, 0.5) is 13.2 Å². The lowest BCUT2D eigenvalue weighted by Crippen LogP contribution is -2.60. The Bertz CT molecular complexity index is 1180. The second-order valence-electron chi connectivity index (χ2n) is 8.20. The minimum absolute atomic E-state index is 0.0408. The van der Waals surface area contributed by atoms with E-state index in [9.17, 15) is 23.1 Å². The summed E-state index contributed by atoms with van der Waals surface area (Å²) in [5.41, 5.74) is 0.748. The fraction of sp³-hybridized carbons (Fsp3) is 0.348. The average molecular weight is 475 g/mol. The van der Waals surface area contributed by atoms with Gasteiger partial charge >= 0.3 is 0 Å². The smallest absolute Gasteiger partial charge is 0.194 e. The van der Waals surface area contributed by atoms with Gasteiger partial charge in [0.15, 0.2) is 29.5 Å². The van der Waals surface area contributed by atoms with E-state index in [1.807, 2.05) is 30.3 Å². The number of aliphatic hydroxyl groups excluding tert-OH is 1. The Morgan fingerprint density at radius 2 is 1.82 bits per heavy atom. The minimum Gasteiger partial charge on any atom is -0.388 e. The van der Waals surface area contributed by atoms with E-state index in [1.165, 1.54) is 17.8 Å². The highest BCUT2D eigenvalue weighted by molar-refractivity contribution is 5.81. The Morgan fingerprint density at radius 3 is 2.50 bits per heavy atom. The number of Topliss-reactive ketones (excluding diaryl/α,β-unsaturated/α-hetero) is 1. The van der Waals surface area contributed by atoms with Crippen LogP contribution >= 0.6 is 0 Å². The van der Waals surface area contributed by atoms with Crippen molar-refractivity contribution < 1.29 is 37.3 Å². The van der Waals surface area contributed by atoms with Gasteiger partial charge in [-0.2, -0.15) is 0 Å². The van der Waals surface area contributed by atoms with Crippen LogP contribution < -0.4 is 0 Å². The minimum atomic E-state index is -1.59. The Balaban J connectivity index is 1.50. The fourth-order valence-electron chi connectivity index (χ4n) is 4.29. The number of hydrogen-bond acceptors (Lipinski definition) is 7. The first-order chi connectivity index (χ1) is 16.3. The van der Waals surface area contributed by atoms with Crippen molar-refractivity contribution in [2.24, 2.45) is 0 Å². The molecule has 6 atom stereocenters. The molecule has 3 aromatic rings. The van der Waals surface area contributed by atoms with Gasteiger partial charge < -0.3 is 19.3 Å². The quantitative estimate of drug-likeness (QED) is 0.580. The van der Waals surface area contributed by atoms with Crippen molar-refractivity contribution in [3.05, 3.63) is 71.7 Å². The zero-order valence-electron chi connectivity index (χ0n) is 17.8. The number of rotatable bonds is 4. The van der Waals surface area contributed by atoms with Crippen LogP contribution in [0.15, 0.2) is 48.7 Å². The molecule has 0 saturated carbocycles. The monoisotopic (exact) mass is 475 g/mol. The highest BCUT2D eigenvalue weighted by Crippen LogP contribution is 2.39. The summed E-state index contributed by atoms with van der Waals surface area (Å²) < 4.78 is 59.8. The molecule has 2 aromatic carbocycles. The van der Waals surface area contributed by atoms with Crippen molar-refractivity contribution in [1.29, 1.82) is 0 Å². The number of hydrogen-bond donors (Lipinski definition) is 1. The summed E-state index contributed by atoms with van der Waals surface area (Å²) in [4.78, 5) is 12.1. The maximum atomic E-state index is 13.7. The van der Waals surface area contributed by atoms with E-state index in [-0.39, 0.29) is 17.9 Å². The second kappa shape index (κ2) is 8.91. The first kappa shape index (κ1) is 22.7. The van der Waals surface area contributed by atoms with E-state index >= 15 is 0 Å². The number of ketones is 1. The van der Waals surface area contributed by atoms with Gasteiger partial charge in [-0.3, -0.25) is 4.79 Å². The summed E-state index contributed by atoms with van der Waals surface area (Å²) in [6.07, 6.45) is -3.42. The van der Waals surface area contributed by atoms with Gasteiger partial charge in [0, 0.05) is 11.1 Å². The molecular formula is C23H20F3N3O5. The van der Waals surface area contributed by atoms with Gasteiger partial charge in [-0.25, -0.2) is 17.9 Å². The Morgan fingerprint density at radius 1 is 1.12 bits per heavy atom. The zero-order chi connectivity index (χ0) is 24.0. The number of carbonyl (C=O) groups is 1. The number of nitrogens with zero attached hydrogens (tertiary/aromatic N) is 3. The molecule has 0 radical (unpaired) electrons. The lowest BCUT2D eigenvalue weighted by Gasteiger charge is -2.47. The standard InChI is InChI=1S/C23H20F3N3O5/c1-11(30)21-20(31)19(22-17(33-21)10-32-23(34-22)12-5-3-2-4-6-12)29-9-16(27-28-29)13-7-14(24)18(26)15(25)8-13/h2-9,17,19-23,31H,10H2,1H3/t17-,19-,20-,21+,22+,23+/m1/s1. The van der Waals surface area contributed by atoms with Gasteiger partial charge in [-0.05, 0) is 19.1 Å². The predicted octanol–water partition coefficient (Wildman–Crippen LogP) is 2.74. The van der Waals surface area contributed by atoms with Crippen molar-refractivity contribution in [2.45, 2.75) is 43.7 Å². The average Bonchev–Trinajstić information content (AvgIpc) is 3.31. The van der Waals surface area contributed by atoms with Crippen LogP contribution in [0.1, 0.15) is 24.8 Å². The second-order valence-corrected chi connectivity index (χ2v) is 8.20. The van der Waals surface area contributed by atoms with E-state index in [1.54, 1.807) is 0 Å². The summed E-state index contributed by atoms with van der Waals surface area (Å²) in [6, 6.07) is 9.81. The molecular weight excluding hydrogens is 455 g/mol. The van der Waals surface area contributed by atoms with Crippen LogP contribution in [0.5, 0.6) is 0 Å². The summed E-state index contributed by atoms with van der Waals surface area (Å²) in [7, 11) is 0. The first-order valence-electron chi connectivity index (χ1n) is 10.6. The van der Waals surface area contributed by atoms with Crippen molar-refractivity contribution in [2.75, 3.05) is 6.61 Å². The lowest BCUT2D eigenvalue weighted by atomic mass is 9.90. The molecule has 5 rings (SSSR count). The van der Waals surface area contributed by atoms with Crippen LogP contribution in [-0.4, -0.2) is 56.9 Å². The Kier molecular flexibility index (Phi) is 5.94. The van der Waals surface area contributed by atoms with Gasteiger partial charge in [0.2, 0.25) is 0 Å². The Labute approximate surface area is 191 Å². The van der Waals surface area contributed by atoms with E-state index in [0.717, 1.165) is 17.7 Å². The molecule has 34 heavy (non-hydrogen) atoms. The van der Waals surface area contributed by atoms with Crippen molar-refractivity contribution in [1.82, 2.24) is 15.0 Å². The fourth-order valence-corrected chi connectivity index (χ4v) is 4.29. The summed E-state index contributed by atoms with van der Waals surface area (Å²) >= 11 is 0. The third kappa shape index (κ3) is 4.00. The van der Waals surface area contributed by atoms with Gasteiger partial charge in [0.1, 0.15) is 36.2 Å². The molecule has 1 aromatic heterocycles. The molecule has 8 nitrogen and oxygen atoms in total. The number of ether oxygens (including phenoxy) is 3. The predicted molar refractivity (Wildman–Crippen MR) is 110 cm³/mol. The molecule has 178 valence electrons. The molecule has 0 amide bonds. The molecule has 1 N–H and O–H groups in total. The van der Waals surface area contributed by atoms with E-state index in [2.05, 4.69) is 10.3 Å². The number of aliphatic hydroxyl groups is 1. The summed E-state index contributed by atoms with van der Waals surface area (Å²) in [6.45, 7) is 1.38. The molecule has 0 unspecified atom stereocenters. The van der Waals surface area contributed by atoms with Crippen molar-refractivity contribution >= 4 is 5.78 Å². The molecule has 2 fully saturated rings.